The Kier molecular flexibility index (Phi) is 6.93. The van der Waals surface area contributed by atoms with Crippen molar-refractivity contribution >= 4 is 39.1 Å². The predicted octanol–water partition coefficient (Wildman–Crippen LogP) is 4.82. The molecule has 27 heavy (non-hydrogen) atoms. The Morgan fingerprint density at radius 1 is 1.26 bits per heavy atom. The van der Waals surface area contributed by atoms with Crippen LogP contribution >= 0.6 is 27.5 Å². The lowest BCUT2D eigenvalue weighted by molar-refractivity contribution is -0.118. The van der Waals surface area contributed by atoms with Crippen molar-refractivity contribution in [1.29, 1.82) is 0 Å². The molecule has 2 aromatic rings. The molecule has 1 fully saturated rings. The SMILES string of the molecule is O=C(COc1ccc(Br)cc1F)Nc1cc(Cl)ccc1OCC1CCCO1. The normalized spacial score (nSPS) is 16.2. The lowest BCUT2D eigenvalue weighted by Crippen LogP contribution is -2.22. The van der Waals surface area contributed by atoms with E-state index in [9.17, 15) is 9.18 Å². The van der Waals surface area contributed by atoms with Gasteiger partial charge >= 0.3 is 0 Å². The molecule has 0 aromatic heterocycles. The minimum atomic E-state index is -0.555. The molecule has 1 aliphatic rings. The zero-order chi connectivity index (χ0) is 19.2. The summed E-state index contributed by atoms with van der Waals surface area (Å²) in [5.41, 5.74) is 0.422. The van der Waals surface area contributed by atoms with E-state index in [1.165, 1.54) is 12.1 Å². The van der Waals surface area contributed by atoms with Gasteiger partial charge in [-0.1, -0.05) is 27.5 Å². The highest BCUT2D eigenvalue weighted by Crippen LogP contribution is 2.29. The van der Waals surface area contributed by atoms with Crippen molar-refractivity contribution < 1.29 is 23.4 Å². The van der Waals surface area contributed by atoms with Gasteiger partial charge in [0.1, 0.15) is 12.4 Å². The first-order chi connectivity index (χ1) is 13.0. The summed E-state index contributed by atoms with van der Waals surface area (Å²) in [5.74, 6) is -0.533. The number of anilines is 1. The Balaban J connectivity index is 1.59. The molecule has 0 bridgehead atoms. The van der Waals surface area contributed by atoms with Crippen molar-refractivity contribution in [2.24, 2.45) is 0 Å². The number of hydrogen-bond acceptors (Lipinski definition) is 4. The molecule has 0 spiro atoms. The van der Waals surface area contributed by atoms with Crippen molar-refractivity contribution in [3.8, 4) is 11.5 Å². The molecule has 1 saturated heterocycles. The number of carbonyl (C=O) groups excluding carboxylic acids is 1. The summed E-state index contributed by atoms with van der Waals surface area (Å²) in [7, 11) is 0. The molecule has 144 valence electrons. The van der Waals surface area contributed by atoms with Crippen LogP contribution in [0.25, 0.3) is 0 Å². The topological polar surface area (TPSA) is 56.8 Å². The minimum absolute atomic E-state index is 0.00528. The quantitative estimate of drug-likeness (QED) is 0.646. The van der Waals surface area contributed by atoms with Crippen LogP contribution in [-0.4, -0.2) is 31.8 Å². The Hall–Kier alpha value is -1.83. The molecule has 0 saturated carbocycles. The van der Waals surface area contributed by atoms with Gasteiger partial charge in [-0.15, -0.1) is 0 Å². The third-order valence-electron chi connectivity index (χ3n) is 3.92. The van der Waals surface area contributed by atoms with Crippen LogP contribution in [0.2, 0.25) is 5.02 Å². The van der Waals surface area contributed by atoms with Gasteiger partial charge in [0.05, 0.1) is 11.8 Å². The third kappa shape index (κ3) is 5.82. The zero-order valence-corrected chi connectivity index (χ0v) is 16.7. The van der Waals surface area contributed by atoms with Crippen molar-refractivity contribution in [1.82, 2.24) is 0 Å². The Morgan fingerprint density at radius 2 is 2.07 bits per heavy atom. The van der Waals surface area contributed by atoms with Gasteiger partial charge in [-0.3, -0.25) is 4.79 Å². The molecule has 0 aliphatic carbocycles. The molecule has 1 atom stereocenters. The molecule has 5 nitrogen and oxygen atoms in total. The van der Waals surface area contributed by atoms with Gasteiger partial charge < -0.3 is 19.5 Å². The van der Waals surface area contributed by atoms with Gasteiger partial charge in [-0.2, -0.15) is 0 Å². The van der Waals surface area contributed by atoms with Gasteiger partial charge in [0.15, 0.2) is 18.2 Å². The van der Waals surface area contributed by atoms with Crippen LogP contribution in [0.15, 0.2) is 40.9 Å². The molecule has 1 heterocycles. The lowest BCUT2D eigenvalue weighted by atomic mass is 10.2. The number of benzene rings is 2. The molecule has 0 radical (unpaired) electrons. The average Bonchev–Trinajstić information content (AvgIpc) is 3.14. The summed E-state index contributed by atoms with van der Waals surface area (Å²) >= 11 is 9.18. The smallest absolute Gasteiger partial charge is 0.262 e. The second-order valence-electron chi connectivity index (χ2n) is 6.00. The molecule has 3 rings (SSSR count). The van der Waals surface area contributed by atoms with Crippen LogP contribution in [0.1, 0.15) is 12.8 Å². The standard InChI is InChI=1S/C19H18BrClFNO4/c20-12-3-5-17(15(22)8-12)27-11-19(24)23-16-9-13(21)4-6-18(16)26-10-14-2-1-7-25-14/h3-6,8-9,14H,1-2,7,10-11H2,(H,23,24). The van der Waals surface area contributed by atoms with Gasteiger partial charge in [0, 0.05) is 16.1 Å². The molecule has 1 unspecified atom stereocenters. The summed E-state index contributed by atoms with van der Waals surface area (Å²) in [4.78, 5) is 12.2. The van der Waals surface area contributed by atoms with E-state index < -0.39 is 11.7 Å². The average molecular weight is 459 g/mol. The van der Waals surface area contributed by atoms with E-state index in [1.54, 1.807) is 24.3 Å². The summed E-state index contributed by atoms with van der Waals surface area (Å²) in [6, 6.07) is 9.29. The zero-order valence-electron chi connectivity index (χ0n) is 14.3. The van der Waals surface area contributed by atoms with Gasteiger partial charge in [-0.05, 0) is 49.2 Å². The molecule has 8 heteroatoms. The maximum absolute atomic E-state index is 13.8. The molecular formula is C19H18BrClFNO4. The number of halogens is 3. The molecule has 1 aliphatic heterocycles. The number of rotatable bonds is 7. The number of ether oxygens (including phenoxy) is 3. The van der Waals surface area contributed by atoms with E-state index in [1.807, 2.05) is 0 Å². The minimum Gasteiger partial charge on any atom is -0.489 e. The van der Waals surface area contributed by atoms with Crippen molar-refractivity contribution in [3.05, 3.63) is 51.7 Å². The first-order valence-corrected chi connectivity index (χ1v) is 9.60. The van der Waals surface area contributed by atoms with Crippen molar-refractivity contribution in [2.75, 3.05) is 25.1 Å². The monoisotopic (exact) mass is 457 g/mol. The summed E-state index contributed by atoms with van der Waals surface area (Å²) in [6.45, 7) is 0.781. The van der Waals surface area contributed by atoms with Crippen molar-refractivity contribution in [2.45, 2.75) is 18.9 Å². The summed E-state index contributed by atoms with van der Waals surface area (Å²) in [5, 5.41) is 3.14. The Bertz CT molecular complexity index is 814. The van der Waals surface area contributed by atoms with Crippen molar-refractivity contribution in [3.63, 3.8) is 0 Å². The van der Waals surface area contributed by atoms with Crippen LogP contribution < -0.4 is 14.8 Å². The summed E-state index contributed by atoms with van der Waals surface area (Å²) < 4.78 is 30.9. The van der Waals surface area contributed by atoms with E-state index in [0.717, 1.165) is 19.4 Å². The molecule has 1 N–H and O–H groups in total. The highest BCUT2D eigenvalue weighted by Gasteiger charge is 2.17. The largest absolute Gasteiger partial charge is 0.489 e. The maximum atomic E-state index is 13.8. The van der Waals surface area contributed by atoms with Crippen LogP contribution in [0, 0.1) is 5.82 Å². The van der Waals surface area contributed by atoms with Gasteiger partial charge in [0.25, 0.3) is 5.91 Å². The van der Waals surface area contributed by atoms with Crippen LogP contribution in [0.4, 0.5) is 10.1 Å². The van der Waals surface area contributed by atoms with Gasteiger partial charge in [0.2, 0.25) is 0 Å². The van der Waals surface area contributed by atoms with Crippen LogP contribution in [-0.2, 0) is 9.53 Å². The molecular weight excluding hydrogens is 441 g/mol. The second kappa shape index (κ2) is 9.39. The van der Waals surface area contributed by atoms with Crippen LogP contribution in [0.5, 0.6) is 11.5 Å². The predicted molar refractivity (Wildman–Crippen MR) is 104 cm³/mol. The Labute approximate surface area is 169 Å². The van der Waals surface area contributed by atoms with E-state index >= 15 is 0 Å². The summed E-state index contributed by atoms with van der Waals surface area (Å²) in [6.07, 6.45) is 2.01. The highest BCUT2D eigenvalue weighted by molar-refractivity contribution is 9.10. The van der Waals surface area contributed by atoms with E-state index in [-0.39, 0.29) is 18.5 Å². The first kappa shape index (κ1) is 19.9. The van der Waals surface area contributed by atoms with Crippen LogP contribution in [0.3, 0.4) is 0 Å². The highest BCUT2D eigenvalue weighted by atomic mass is 79.9. The lowest BCUT2D eigenvalue weighted by Gasteiger charge is -2.16. The maximum Gasteiger partial charge on any atom is 0.262 e. The fraction of sp³-hybridized carbons (Fsp3) is 0.316. The van der Waals surface area contributed by atoms with E-state index in [2.05, 4.69) is 21.2 Å². The van der Waals surface area contributed by atoms with Gasteiger partial charge in [-0.25, -0.2) is 4.39 Å². The fourth-order valence-electron chi connectivity index (χ4n) is 2.61. The van der Waals surface area contributed by atoms with E-state index in [4.69, 9.17) is 25.8 Å². The first-order valence-electron chi connectivity index (χ1n) is 8.43. The second-order valence-corrected chi connectivity index (χ2v) is 7.35. The van der Waals surface area contributed by atoms with E-state index in [0.29, 0.717) is 27.5 Å². The fourth-order valence-corrected chi connectivity index (χ4v) is 3.11. The molecule has 2 aromatic carbocycles. The number of amides is 1. The number of hydrogen-bond donors (Lipinski definition) is 1. The third-order valence-corrected chi connectivity index (χ3v) is 4.65. The number of carbonyl (C=O) groups is 1. The molecule has 1 amide bonds. The Morgan fingerprint density at radius 3 is 2.81 bits per heavy atom. The number of nitrogens with one attached hydrogen (secondary N) is 1.